The maximum atomic E-state index is 11.9. The first-order valence-electron chi connectivity index (χ1n) is 6.68. The van der Waals surface area contributed by atoms with E-state index in [2.05, 4.69) is 11.4 Å². The fourth-order valence-corrected chi connectivity index (χ4v) is 2.82. The number of rotatable bonds is 3. The van der Waals surface area contributed by atoms with Gasteiger partial charge < -0.3 is 9.47 Å². The molecule has 0 N–H and O–H groups in total. The third-order valence-electron chi connectivity index (χ3n) is 3.11. The van der Waals surface area contributed by atoms with Crippen molar-refractivity contribution in [2.45, 2.75) is 6.92 Å². The van der Waals surface area contributed by atoms with E-state index >= 15 is 0 Å². The minimum absolute atomic E-state index is 0.203. The SMILES string of the molecule is CCOC(=O)C1=CC=C(c2ccsc2)c2ccccc2O1. The van der Waals surface area contributed by atoms with Crippen LogP contribution >= 0.6 is 11.3 Å². The summed E-state index contributed by atoms with van der Waals surface area (Å²) in [6, 6.07) is 9.74. The number of carbonyl (C=O) groups is 1. The Bertz CT molecular complexity index is 711. The van der Waals surface area contributed by atoms with Gasteiger partial charge in [0.1, 0.15) is 5.75 Å². The molecule has 2 aromatic rings. The Morgan fingerprint density at radius 2 is 2.10 bits per heavy atom. The number of hydrogen-bond acceptors (Lipinski definition) is 4. The van der Waals surface area contributed by atoms with Gasteiger partial charge in [0, 0.05) is 5.56 Å². The van der Waals surface area contributed by atoms with Crippen LogP contribution in [0.4, 0.5) is 0 Å². The summed E-state index contributed by atoms with van der Waals surface area (Å²) in [6.45, 7) is 2.10. The average Bonchev–Trinajstić information content (AvgIpc) is 2.95. The lowest BCUT2D eigenvalue weighted by Crippen LogP contribution is -2.12. The van der Waals surface area contributed by atoms with Gasteiger partial charge in [-0.1, -0.05) is 18.2 Å². The Kier molecular flexibility index (Phi) is 3.88. The van der Waals surface area contributed by atoms with Crippen molar-refractivity contribution in [1.29, 1.82) is 0 Å². The molecule has 0 atom stereocenters. The Labute approximate surface area is 127 Å². The second kappa shape index (κ2) is 5.97. The second-order valence-electron chi connectivity index (χ2n) is 4.44. The van der Waals surface area contributed by atoms with E-state index in [1.165, 1.54) is 0 Å². The number of thiophene rings is 1. The third-order valence-corrected chi connectivity index (χ3v) is 3.79. The molecule has 21 heavy (non-hydrogen) atoms. The molecule has 4 heteroatoms. The van der Waals surface area contributed by atoms with E-state index in [0.717, 1.165) is 16.7 Å². The molecular formula is C17H14O3S. The molecule has 0 saturated heterocycles. The van der Waals surface area contributed by atoms with E-state index in [4.69, 9.17) is 9.47 Å². The number of fused-ring (bicyclic) bond motifs is 1. The number of para-hydroxylation sites is 1. The van der Waals surface area contributed by atoms with Crippen molar-refractivity contribution in [3.8, 4) is 5.75 Å². The Hall–Kier alpha value is -2.33. The van der Waals surface area contributed by atoms with Crippen molar-refractivity contribution < 1.29 is 14.3 Å². The van der Waals surface area contributed by atoms with Gasteiger partial charge in [-0.25, -0.2) is 4.79 Å². The van der Waals surface area contributed by atoms with Crippen LogP contribution in [-0.2, 0) is 9.53 Å². The minimum Gasteiger partial charge on any atom is -0.460 e. The zero-order valence-corrected chi connectivity index (χ0v) is 12.4. The largest absolute Gasteiger partial charge is 0.460 e. The van der Waals surface area contributed by atoms with Crippen LogP contribution in [0.2, 0.25) is 0 Å². The maximum Gasteiger partial charge on any atom is 0.374 e. The molecule has 0 fully saturated rings. The number of benzene rings is 1. The lowest BCUT2D eigenvalue weighted by atomic mass is 9.99. The molecule has 0 aliphatic carbocycles. The van der Waals surface area contributed by atoms with Crippen LogP contribution in [-0.4, -0.2) is 12.6 Å². The average molecular weight is 298 g/mol. The monoisotopic (exact) mass is 298 g/mol. The molecule has 0 saturated carbocycles. The summed E-state index contributed by atoms with van der Waals surface area (Å²) in [7, 11) is 0. The molecule has 1 aliphatic heterocycles. The molecule has 3 rings (SSSR count). The van der Waals surface area contributed by atoms with E-state index in [1.807, 2.05) is 35.7 Å². The molecule has 1 aromatic heterocycles. The summed E-state index contributed by atoms with van der Waals surface area (Å²) in [5.74, 6) is 0.413. The Morgan fingerprint density at radius 3 is 2.86 bits per heavy atom. The predicted octanol–water partition coefficient (Wildman–Crippen LogP) is 4.02. The predicted molar refractivity (Wildman–Crippen MR) is 83.2 cm³/mol. The lowest BCUT2D eigenvalue weighted by Gasteiger charge is -2.11. The zero-order chi connectivity index (χ0) is 14.7. The quantitative estimate of drug-likeness (QED) is 0.803. The fraction of sp³-hybridized carbons (Fsp3) is 0.118. The van der Waals surface area contributed by atoms with Gasteiger partial charge in [0.05, 0.1) is 6.61 Å². The normalized spacial score (nSPS) is 13.4. The number of ether oxygens (including phenoxy) is 2. The summed E-state index contributed by atoms with van der Waals surface area (Å²) in [5, 5.41) is 4.10. The summed E-state index contributed by atoms with van der Waals surface area (Å²) in [6.07, 6.45) is 3.57. The Balaban J connectivity index is 2.08. The topological polar surface area (TPSA) is 35.5 Å². The van der Waals surface area contributed by atoms with Crippen LogP contribution < -0.4 is 4.74 Å². The third kappa shape index (κ3) is 2.76. The Morgan fingerprint density at radius 1 is 1.24 bits per heavy atom. The van der Waals surface area contributed by atoms with Gasteiger partial charge in [-0.2, -0.15) is 11.3 Å². The summed E-state index contributed by atoms with van der Waals surface area (Å²) in [4.78, 5) is 11.9. The standard InChI is InChI=1S/C17H14O3S/c1-2-19-17(18)16-8-7-13(12-9-10-21-11-12)14-5-3-4-6-15(14)20-16/h3-11H,2H2,1H3. The van der Waals surface area contributed by atoms with Gasteiger partial charge in [-0.05, 0) is 53.1 Å². The zero-order valence-electron chi connectivity index (χ0n) is 11.5. The first-order valence-corrected chi connectivity index (χ1v) is 7.63. The first-order chi connectivity index (χ1) is 10.3. The van der Waals surface area contributed by atoms with Crippen molar-refractivity contribution in [3.63, 3.8) is 0 Å². The van der Waals surface area contributed by atoms with Gasteiger partial charge in [0.2, 0.25) is 5.76 Å². The van der Waals surface area contributed by atoms with E-state index in [-0.39, 0.29) is 5.76 Å². The highest BCUT2D eigenvalue weighted by atomic mass is 32.1. The van der Waals surface area contributed by atoms with Crippen LogP contribution in [0.1, 0.15) is 18.1 Å². The van der Waals surface area contributed by atoms with Gasteiger partial charge >= 0.3 is 5.97 Å². The highest BCUT2D eigenvalue weighted by molar-refractivity contribution is 7.08. The lowest BCUT2D eigenvalue weighted by molar-refractivity contribution is -0.141. The minimum atomic E-state index is -0.449. The first kappa shape index (κ1) is 13.6. The number of carbonyl (C=O) groups excluding carboxylic acids is 1. The molecule has 0 unspecified atom stereocenters. The van der Waals surface area contributed by atoms with E-state index in [0.29, 0.717) is 12.4 Å². The molecule has 1 aromatic carbocycles. The van der Waals surface area contributed by atoms with Crippen LogP contribution in [0.5, 0.6) is 5.75 Å². The molecule has 0 bridgehead atoms. The number of esters is 1. The van der Waals surface area contributed by atoms with E-state index in [9.17, 15) is 4.79 Å². The summed E-state index contributed by atoms with van der Waals surface area (Å²) in [5.41, 5.74) is 3.11. The van der Waals surface area contributed by atoms with Crippen molar-refractivity contribution in [3.05, 3.63) is 70.1 Å². The van der Waals surface area contributed by atoms with Crippen molar-refractivity contribution in [2.24, 2.45) is 0 Å². The van der Waals surface area contributed by atoms with Gasteiger partial charge in [-0.15, -0.1) is 0 Å². The molecule has 106 valence electrons. The van der Waals surface area contributed by atoms with Gasteiger partial charge in [0.25, 0.3) is 0 Å². The smallest absolute Gasteiger partial charge is 0.374 e. The van der Waals surface area contributed by atoms with Crippen molar-refractivity contribution >= 4 is 22.9 Å². The maximum absolute atomic E-state index is 11.9. The fourth-order valence-electron chi connectivity index (χ4n) is 2.16. The summed E-state index contributed by atoms with van der Waals surface area (Å²) < 4.78 is 10.8. The van der Waals surface area contributed by atoms with Crippen LogP contribution in [0.25, 0.3) is 5.57 Å². The summed E-state index contributed by atoms with van der Waals surface area (Å²) >= 11 is 1.64. The molecular weight excluding hydrogens is 284 g/mol. The second-order valence-corrected chi connectivity index (χ2v) is 5.22. The molecule has 0 amide bonds. The van der Waals surface area contributed by atoms with Gasteiger partial charge in [-0.3, -0.25) is 0 Å². The van der Waals surface area contributed by atoms with Crippen molar-refractivity contribution in [2.75, 3.05) is 6.61 Å². The van der Waals surface area contributed by atoms with Gasteiger partial charge in [0.15, 0.2) is 0 Å². The molecule has 1 aliphatic rings. The highest BCUT2D eigenvalue weighted by Crippen LogP contribution is 2.35. The molecule has 3 nitrogen and oxygen atoms in total. The van der Waals surface area contributed by atoms with Crippen molar-refractivity contribution in [1.82, 2.24) is 0 Å². The number of hydrogen-bond donors (Lipinski definition) is 0. The molecule has 0 spiro atoms. The van der Waals surface area contributed by atoms with Crippen LogP contribution in [0, 0.1) is 0 Å². The molecule has 0 radical (unpaired) electrons. The van der Waals surface area contributed by atoms with Crippen LogP contribution in [0.15, 0.2) is 59.0 Å². The highest BCUT2D eigenvalue weighted by Gasteiger charge is 2.20. The van der Waals surface area contributed by atoms with E-state index in [1.54, 1.807) is 24.3 Å². The number of allylic oxidation sites excluding steroid dienone is 2. The molecule has 2 heterocycles. The van der Waals surface area contributed by atoms with E-state index < -0.39 is 5.97 Å². The van der Waals surface area contributed by atoms with Crippen LogP contribution in [0.3, 0.4) is 0 Å².